The minimum absolute atomic E-state index is 0.276. The van der Waals surface area contributed by atoms with Crippen LogP contribution in [0.2, 0.25) is 0 Å². The summed E-state index contributed by atoms with van der Waals surface area (Å²) in [5.41, 5.74) is 2.34. The van der Waals surface area contributed by atoms with Crippen LogP contribution in [0.3, 0.4) is 0 Å². The third-order valence-corrected chi connectivity index (χ3v) is 3.80. The van der Waals surface area contributed by atoms with Gasteiger partial charge in [-0.1, -0.05) is 18.2 Å². The van der Waals surface area contributed by atoms with Crippen LogP contribution < -0.4 is 15.4 Å². The highest BCUT2D eigenvalue weighted by Gasteiger charge is 2.30. The normalized spacial score (nSPS) is 11.0. The van der Waals surface area contributed by atoms with E-state index in [1.807, 2.05) is 25.1 Å². The van der Waals surface area contributed by atoms with Gasteiger partial charge in [0.15, 0.2) is 0 Å². The highest BCUT2D eigenvalue weighted by Crippen LogP contribution is 2.26. The number of para-hydroxylation sites is 1. The Hall–Kier alpha value is -3.55. The van der Waals surface area contributed by atoms with Crippen molar-refractivity contribution in [2.75, 3.05) is 10.6 Å². The zero-order valence-electron chi connectivity index (χ0n) is 14.7. The van der Waals surface area contributed by atoms with E-state index in [1.54, 1.807) is 18.2 Å². The molecule has 0 bridgehead atoms. The van der Waals surface area contributed by atoms with Gasteiger partial charge in [0.25, 0.3) is 5.91 Å². The van der Waals surface area contributed by atoms with Gasteiger partial charge in [-0.25, -0.2) is 4.98 Å². The molecule has 2 aromatic carbocycles. The molecule has 28 heavy (non-hydrogen) atoms. The summed E-state index contributed by atoms with van der Waals surface area (Å²) in [4.78, 5) is 16.8. The molecule has 1 heterocycles. The molecule has 0 atom stereocenters. The fourth-order valence-corrected chi connectivity index (χ4v) is 2.47. The maximum atomic E-state index is 12.7. The molecule has 0 radical (unpaired) electrons. The summed E-state index contributed by atoms with van der Waals surface area (Å²) in [6.07, 6.45) is -3.25. The maximum absolute atomic E-state index is 12.7. The van der Waals surface area contributed by atoms with Gasteiger partial charge in [0.2, 0.25) is 0 Å². The zero-order valence-corrected chi connectivity index (χ0v) is 14.7. The minimum Gasteiger partial charge on any atom is -0.406 e. The van der Waals surface area contributed by atoms with Gasteiger partial charge in [-0.3, -0.25) is 4.79 Å². The van der Waals surface area contributed by atoms with E-state index in [-0.39, 0.29) is 17.5 Å². The van der Waals surface area contributed by atoms with Crippen LogP contribution in [0, 0.1) is 6.92 Å². The Morgan fingerprint density at radius 1 is 1.00 bits per heavy atom. The molecule has 3 rings (SSSR count). The number of carbonyl (C=O) groups excluding carboxylic acids is 1. The summed E-state index contributed by atoms with van der Waals surface area (Å²) in [5.74, 6) is -0.420. The number of nitrogens with one attached hydrogen (secondary N) is 2. The van der Waals surface area contributed by atoms with Crippen molar-refractivity contribution in [3.63, 3.8) is 0 Å². The molecule has 0 aliphatic heterocycles. The second-order valence-electron chi connectivity index (χ2n) is 5.87. The van der Waals surface area contributed by atoms with E-state index in [1.165, 1.54) is 30.5 Å². The highest BCUT2D eigenvalue weighted by atomic mass is 19.4. The first-order chi connectivity index (χ1) is 13.3. The average molecular weight is 387 g/mol. The summed E-state index contributed by atoms with van der Waals surface area (Å²) in [6.45, 7) is 1.88. The molecular weight excluding hydrogens is 371 g/mol. The third kappa shape index (κ3) is 5.00. The second kappa shape index (κ2) is 7.99. The molecule has 0 spiro atoms. The zero-order chi connectivity index (χ0) is 20.1. The van der Waals surface area contributed by atoms with Crippen molar-refractivity contribution in [1.29, 1.82) is 0 Å². The first-order valence-corrected chi connectivity index (χ1v) is 8.27. The molecule has 0 aliphatic carbocycles. The molecule has 3 aromatic rings. The van der Waals surface area contributed by atoms with Crippen molar-refractivity contribution in [2.45, 2.75) is 13.3 Å². The van der Waals surface area contributed by atoms with Crippen molar-refractivity contribution in [1.82, 2.24) is 4.98 Å². The second-order valence-corrected chi connectivity index (χ2v) is 5.87. The number of rotatable bonds is 5. The molecule has 1 amide bonds. The summed E-state index contributed by atoms with van der Waals surface area (Å²) >= 11 is 0. The molecule has 0 unspecified atom stereocenters. The third-order valence-electron chi connectivity index (χ3n) is 3.80. The number of nitrogens with zero attached hydrogens (tertiary/aromatic N) is 1. The molecule has 0 aliphatic rings. The van der Waals surface area contributed by atoms with E-state index in [0.29, 0.717) is 16.9 Å². The Balaban J connectivity index is 1.77. The molecule has 2 N–H and O–H groups in total. The van der Waals surface area contributed by atoms with E-state index < -0.39 is 6.36 Å². The SMILES string of the molecule is Cc1ccccc1NC(=O)c1cccnc1Nc1ccc(OC(F)(F)F)cc1. The van der Waals surface area contributed by atoms with Crippen molar-refractivity contribution in [3.05, 3.63) is 78.0 Å². The lowest BCUT2D eigenvalue weighted by Crippen LogP contribution is -2.17. The number of ether oxygens (including phenoxy) is 1. The van der Waals surface area contributed by atoms with Crippen molar-refractivity contribution >= 4 is 23.1 Å². The topological polar surface area (TPSA) is 63.2 Å². The number of benzene rings is 2. The Kier molecular flexibility index (Phi) is 5.49. The van der Waals surface area contributed by atoms with E-state index in [2.05, 4.69) is 20.4 Å². The van der Waals surface area contributed by atoms with Gasteiger partial charge >= 0.3 is 6.36 Å². The van der Waals surface area contributed by atoms with Gasteiger partial charge in [0.1, 0.15) is 11.6 Å². The number of amides is 1. The standard InChI is InChI=1S/C20H16F3N3O2/c1-13-5-2-3-7-17(13)26-19(27)16-6-4-12-24-18(16)25-14-8-10-15(11-9-14)28-20(21,22)23/h2-12H,1H3,(H,24,25)(H,26,27). The average Bonchev–Trinajstić information content (AvgIpc) is 2.64. The largest absolute Gasteiger partial charge is 0.573 e. The molecule has 1 aromatic heterocycles. The first kappa shape index (κ1) is 19.2. The van der Waals surface area contributed by atoms with Gasteiger partial charge in [0, 0.05) is 17.6 Å². The van der Waals surface area contributed by atoms with Crippen molar-refractivity contribution < 1.29 is 22.7 Å². The van der Waals surface area contributed by atoms with Crippen LogP contribution in [0.4, 0.5) is 30.4 Å². The Bertz CT molecular complexity index is 973. The van der Waals surface area contributed by atoms with Crippen LogP contribution >= 0.6 is 0 Å². The monoisotopic (exact) mass is 387 g/mol. The van der Waals surface area contributed by atoms with Crippen LogP contribution in [0.15, 0.2) is 66.9 Å². The van der Waals surface area contributed by atoms with E-state index in [0.717, 1.165) is 5.56 Å². The van der Waals surface area contributed by atoms with E-state index in [9.17, 15) is 18.0 Å². The fraction of sp³-hybridized carbons (Fsp3) is 0.100. The van der Waals surface area contributed by atoms with E-state index in [4.69, 9.17) is 0 Å². The number of anilines is 3. The van der Waals surface area contributed by atoms with Gasteiger partial charge in [-0.15, -0.1) is 13.2 Å². The molecule has 144 valence electrons. The lowest BCUT2D eigenvalue weighted by atomic mass is 10.1. The smallest absolute Gasteiger partial charge is 0.406 e. The van der Waals surface area contributed by atoms with Crippen molar-refractivity contribution in [3.8, 4) is 5.75 Å². The van der Waals surface area contributed by atoms with E-state index >= 15 is 0 Å². The Labute approximate surface area is 159 Å². The van der Waals surface area contributed by atoms with Gasteiger partial charge in [-0.2, -0.15) is 0 Å². The predicted molar refractivity (Wildman–Crippen MR) is 99.8 cm³/mol. The molecule has 0 saturated carbocycles. The number of hydrogen-bond donors (Lipinski definition) is 2. The highest BCUT2D eigenvalue weighted by molar-refractivity contribution is 6.08. The number of alkyl halides is 3. The van der Waals surface area contributed by atoms with Crippen LogP contribution in [-0.4, -0.2) is 17.3 Å². The summed E-state index contributed by atoms with van der Waals surface area (Å²) in [5, 5.41) is 5.76. The quantitative estimate of drug-likeness (QED) is 0.625. The Morgan fingerprint density at radius 3 is 2.39 bits per heavy atom. The lowest BCUT2D eigenvalue weighted by Gasteiger charge is -2.13. The molecule has 0 saturated heterocycles. The molecule has 0 fully saturated rings. The number of aryl methyl sites for hydroxylation is 1. The molecule has 5 nitrogen and oxygen atoms in total. The summed E-state index contributed by atoms with van der Waals surface area (Å²) in [7, 11) is 0. The first-order valence-electron chi connectivity index (χ1n) is 8.27. The van der Waals surface area contributed by atoms with Crippen molar-refractivity contribution in [2.24, 2.45) is 0 Å². The van der Waals surface area contributed by atoms with Gasteiger partial charge in [-0.05, 0) is 55.0 Å². The minimum atomic E-state index is -4.75. The van der Waals surface area contributed by atoms with Crippen LogP contribution in [0.1, 0.15) is 15.9 Å². The summed E-state index contributed by atoms with van der Waals surface area (Å²) in [6, 6.07) is 15.7. The molecular formula is C20H16F3N3O2. The van der Waals surface area contributed by atoms with Gasteiger partial charge < -0.3 is 15.4 Å². The van der Waals surface area contributed by atoms with Crippen LogP contribution in [0.5, 0.6) is 5.75 Å². The maximum Gasteiger partial charge on any atom is 0.573 e. The predicted octanol–water partition coefficient (Wildman–Crippen LogP) is 5.28. The Morgan fingerprint density at radius 2 is 1.71 bits per heavy atom. The number of halogens is 3. The molecule has 8 heteroatoms. The number of carbonyl (C=O) groups is 1. The van der Waals surface area contributed by atoms with Crippen LogP contribution in [-0.2, 0) is 0 Å². The number of aromatic nitrogens is 1. The number of pyridine rings is 1. The fourth-order valence-electron chi connectivity index (χ4n) is 2.47. The van der Waals surface area contributed by atoms with Crippen LogP contribution in [0.25, 0.3) is 0 Å². The number of hydrogen-bond acceptors (Lipinski definition) is 4. The lowest BCUT2D eigenvalue weighted by molar-refractivity contribution is -0.274. The van der Waals surface area contributed by atoms with Gasteiger partial charge in [0.05, 0.1) is 5.56 Å². The summed E-state index contributed by atoms with van der Waals surface area (Å²) < 4.78 is 40.6.